The van der Waals surface area contributed by atoms with Crippen LogP contribution < -0.4 is 0 Å². The minimum atomic E-state index is 1.11. The minimum Gasteiger partial charge on any atom is -0.349 e. The number of H-pyrrole nitrogens is 1. The van der Waals surface area contributed by atoms with Crippen molar-refractivity contribution in [3.8, 4) is 0 Å². The predicted molar refractivity (Wildman–Crippen MR) is 102 cm³/mol. The summed E-state index contributed by atoms with van der Waals surface area (Å²) in [5.74, 6) is 1.14. The molecule has 23 heavy (non-hydrogen) atoms. The molecule has 132 valence electrons. The lowest BCUT2D eigenvalue weighted by molar-refractivity contribution is 0.591. The zero-order chi connectivity index (χ0) is 16.4. The van der Waals surface area contributed by atoms with E-state index in [4.69, 9.17) is 0 Å². The van der Waals surface area contributed by atoms with Gasteiger partial charge in [0.15, 0.2) is 0 Å². The van der Waals surface area contributed by atoms with Gasteiger partial charge in [-0.15, -0.1) is 0 Å². The van der Waals surface area contributed by atoms with E-state index in [1.165, 1.54) is 89.9 Å². The maximum Gasteiger partial charge on any atom is 0.105 e. The molecule has 0 atom stereocenters. The fourth-order valence-electron chi connectivity index (χ4n) is 2.97. The SMILES string of the molecule is CCCCCCCC/C=C\CCCCCCCCc1ncc[nH]1. The van der Waals surface area contributed by atoms with E-state index in [-0.39, 0.29) is 0 Å². The summed E-state index contributed by atoms with van der Waals surface area (Å²) in [7, 11) is 0. The van der Waals surface area contributed by atoms with Crippen molar-refractivity contribution in [2.24, 2.45) is 0 Å². The topological polar surface area (TPSA) is 28.7 Å². The number of nitrogens with zero attached hydrogens (tertiary/aromatic N) is 1. The van der Waals surface area contributed by atoms with Crippen LogP contribution in [-0.4, -0.2) is 9.97 Å². The molecular weight excluding hydrogens is 280 g/mol. The van der Waals surface area contributed by atoms with Gasteiger partial charge in [-0.3, -0.25) is 0 Å². The Labute approximate surface area is 144 Å². The summed E-state index contributed by atoms with van der Waals surface area (Å²) >= 11 is 0. The number of aromatic nitrogens is 2. The van der Waals surface area contributed by atoms with Gasteiger partial charge in [0, 0.05) is 18.8 Å². The lowest BCUT2D eigenvalue weighted by Gasteiger charge is -2.00. The zero-order valence-electron chi connectivity index (χ0n) is 15.4. The molecule has 2 nitrogen and oxygen atoms in total. The van der Waals surface area contributed by atoms with Crippen molar-refractivity contribution in [2.75, 3.05) is 0 Å². The van der Waals surface area contributed by atoms with E-state index in [2.05, 4.69) is 29.0 Å². The van der Waals surface area contributed by atoms with Crippen LogP contribution in [0.1, 0.15) is 103 Å². The van der Waals surface area contributed by atoms with Gasteiger partial charge >= 0.3 is 0 Å². The highest BCUT2D eigenvalue weighted by atomic mass is 14.9. The molecule has 0 amide bonds. The van der Waals surface area contributed by atoms with E-state index in [1.807, 2.05) is 12.4 Å². The Morgan fingerprint density at radius 1 is 0.783 bits per heavy atom. The van der Waals surface area contributed by atoms with Crippen molar-refractivity contribution in [3.05, 3.63) is 30.4 Å². The number of aryl methyl sites for hydroxylation is 1. The molecule has 0 unspecified atom stereocenters. The third kappa shape index (κ3) is 13.1. The average Bonchev–Trinajstić information content (AvgIpc) is 3.08. The smallest absolute Gasteiger partial charge is 0.105 e. The number of allylic oxidation sites excluding steroid dienone is 2. The van der Waals surface area contributed by atoms with Crippen molar-refractivity contribution in [2.45, 2.75) is 103 Å². The van der Waals surface area contributed by atoms with Gasteiger partial charge in [0.05, 0.1) is 0 Å². The summed E-state index contributed by atoms with van der Waals surface area (Å²) in [6.07, 6.45) is 28.8. The van der Waals surface area contributed by atoms with Crippen LogP contribution in [0.5, 0.6) is 0 Å². The first-order valence-electron chi connectivity index (χ1n) is 10.1. The molecule has 1 rings (SSSR count). The molecule has 0 aliphatic heterocycles. The third-order valence-corrected chi connectivity index (χ3v) is 4.48. The summed E-state index contributed by atoms with van der Waals surface area (Å²) in [5, 5.41) is 0. The first-order chi connectivity index (χ1) is 11.4. The van der Waals surface area contributed by atoms with Gasteiger partial charge < -0.3 is 4.98 Å². The lowest BCUT2D eigenvalue weighted by atomic mass is 10.1. The Bertz CT molecular complexity index is 354. The van der Waals surface area contributed by atoms with Gasteiger partial charge in [-0.25, -0.2) is 4.98 Å². The molecule has 0 aliphatic rings. The number of nitrogens with one attached hydrogen (secondary N) is 1. The van der Waals surface area contributed by atoms with E-state index in [1.54, 1.807) is 0 Å². The second-order valence-electron chi connectivity index (χ2n) is 6.72. The number of aromatic amines is 1. The highest BCUT2D eigenvalue weighted by molar-refractivity contribution is 4.86. The van der Waals surface area contributed by atoms with Crippen molar-refractivity contribution in [1.82, 2.24) is 9.97 Å². The van der Waals surface area contributed by atoms with Gasteiger partial charge in [-0.05, 0) is 32.1 Å². The standard InChI is InChI=1S/C21H38N2/c1-2-3-4-5-6-7-8-9-10-11-12-13-14-15-16-17-18-21-22-19-20-23-21/h9-10,19-20H,2-8,11-18H2,1H3,(H,22,23)/b10-9-. The van der Waals surface area contributed by atoms with Crippen molar-refractivity contribution in [3.63, 3.8) is 0 Å². The molecule has 0 saturated carbocycles. The first-order valence-corrected chi connectivity index (χ1v) is 10.1. The molecule has 0 saturated heterocycles. The number of imidazole rings is 1. The normalized spacial score (nSPS) is 11.5. The molecule has 0 spiro atoms. The molecule has 1 heterocycles. The predicted octanol–water partition coefficient (Wildman–Crippen LogP) is 6.99. The maximum atomic E-state index is 4.26. The summed E-state index contributed by atoms with van der Waals surface area (Å²) in [6, 6.07) is 0. The fourth-order valence-corrected chi connectivity index (χ4v) is 2.97. The van der Waals surface area contributed by atoms with Gasteiger partial charge in [0.2, 0.25) is 0 Å². The summed E-state index contributed by atoms with van der Waals surface area (Å²) in [4.78, 5) is 7.43. The molecule has 1 aromatic heterocycles. The van der Waals surface area contributed by atoms with E-state index in [9.17, 15) is 0 Å². The molecule has 1 aromatic rings. The van der Waals surface area contributed by atoms with Gasteiger partial charge in [-0.2, -0.15) is 0 Å². The van der Waals surface area contributed by atoms with E-state index in [0.717, 1.165) is 12.2 Å². The van der Waals surface area contributed by atoms with Gasteiger partial charge in [0.25, 0.3) is 0 Å². The van der Waals surface area contributed by atoms with Gasteiger partial charge in [-0.1, -0.05) is 76.9 Å². The Balaban J connectivity index is 1.73. The largest absolute Gasteiger partial charge is 0.349 e. The fraction of sp³-hybridized carbons (Fsp3) is 0.762. The van der Waals surface area contributed by atoms with Crippen molar-refractivity contribution < 1.29 is 0 Å². The Morgan fingerprint density at radius 3 is 1.91 bits per heavy atom. The van der Waals surface area contributed by atoms with E-state index < -0.39 is 0 Å². The molecule has 0 fully saturated rings. The summed E-state index contributed by atoms with van der Waals surface area (Å²) < 4.78 is 0. The van der Waals surface area contributed by atoms with Crippen LogP contribution in [0.3, 0.4) is 0 Å². The van der Waals surface area contributed by atoms with E-state index in [0.29, 0.717) is 0 Å². The molecular formula is C21H38N2. The molecule has 0 radical (unpaired) electrons. The number of rotatable bonds is 16. The van der Waals surface area contributed by atoms with Crippen LogP contribution in [0.25, 0.3) is 0 Å². The Hall–Kier alpha value is -1.05. The minimum absolute atomic E-state index is 1.11. The van der Waals surface area contributed by atoms with Crippen molar-refractivity contribution >= 4 is 0 Å². The zero-order valence-corrected chi connectivity index (χ0v) is 15.4. The van der Waals surface area contributed by atoms with Crippen LogP contribution in [0.15, 0.2) is 24.5 Å². The van der Waals surface area contributed by atoms with Crippen molar-refractivity contribution in [1.29, 1.82) is 0 Å². The summed E-state index contributed by atoms with van der Waals surface area (Å²) in [6.45, 7) is 2.28. The lowest BCUT2D eigenvalue weighted by Crippen LogP contribution is -1.88. The van der Waals surface area contributed by atoms with Crippen LogP contribution in [-0.2, 0) is 6.42 Å². The van der Waals surface area contributed by atoms with Crippen LogP contribution >= 0.6 is 0 Å². The molecule has 0 bridgehead atoms. The van der Waals surface area contributed by atoms with Crippen LogP contribution in [0.2, 0.25) is 0 Å². The molecule has 0 aromatic carbocycles. The highest BCUT2D eigenvalue weighted by Gasteiger charge is 1.95. The number of hydrogen-bond donors (Lipinski definition) is 1. The first kappa shape index (κ1) is 20.0. The maximum absolute atomic E-state index is 4.26. The number of hydrogen-bond acceptors (Lipinski definition) is 1. The monoisotopic (exact) mass is 318 g/mol. The molecule has 0 aliphatic carbocycles. The Morgan fingerprint density at radius 2 is 1.35 bits per heavy atom. The van der Waals surface area contributed by atoms with Crippen LogP contribution in [0, 0.1) is 0 Å². The van der Waals surface area contributed by atoms with E-state index >= 15 is 0 Å². The summed E-state index contributed by atoms with van der Waals surface area (Å²) in [5.41, 5.74) is 0. The average molecular weight is 319 g/mol. The number of unbranched alkanes of at least 4 members (excludes halogenated alkanes) is 12. The van der Waals surface area contributed by atoms with Crippen LogP contribution in [0.4, 0.5) is 0 Å². The highest BCUT2D eigenvalue weighted by Crippen LogP contribution is 2.10. The second kappa shape index (κ2) is 15.8. The molecule has 1 N–H and O–H groups in total. The molecule has 2 heteroatoms. The third-order valence-electron chi connectivity index (χ3n) is 4.48. The Kier molecular flexibility index (Phi) is 13.8. The van der Waals surface area contributed by atoms with Gasteiger partial charge in [0.1, 0.15) is 5.82 Å². The quantitative estimate of drug-likeness (QED) is 0.258. The second-order valence-corrected chi connectivity index (χ2v) is 6.72.